The molecule has 1 fully saturated rings. The highest BCUT2D eigenvalue weighted by Crippen LogP contribution is 2.65. The van der Waals surface area contributed by atoms with Gasteiger partial charge in [-0.3, -0.25) is 0 Å². The van der Waals surface area contributed by atoms with E-state index in [2.05, 4.69) is 6.92 Å². The Kier molecular flexibility index (Phi) is 2.81. The first-order valence-corrected chi connectivity index (χ1v) is 6.32. The maximum Gasteiger partial charge on any atom is 0.0981 e. The van der Waals surface area contributed by atoms with Crippen LogP contribution >= 0.6 is 34.5 Å². The van der Waals surface area contributed by atoms with Gasteiger partial charge in [0.1, 0.15) is 0 Å². The van der Waals surface area contributed by atoms with Crippen LogP contribution in [-0.4, -0.2) is 18.3 Å². The molecular weight excluding hydrogens is 253 g/mol. The SMILES string of the molecule is CC1(c2cc(Cl)sc2Cl)CC1(CN)CO. The summed E-state index contributed by atoms with van der Waals surface area (Å²) in [6.45, 7) is 2.66. The van der Waals surface area contributed by atoms with Crippen molar-refractivity contribution < 1.29 is 5.11 Å². The molecule has 5 heteroatoms. The highest BCUT2D eigenvalue weighted by atomic mass is 35.5. The number of rotatable bonds is 3. The number of aliphatic hydroxyl groups excluding tert-OH is 1. The van der Waals surface area contributed by atoms with E-state index in [-0.39, 0.29) is 17.4 Å². The second kappa shape index (κ2) is 3.60. The molecule has 1 heterocycles. The Labute approximate surface area is 103 Å². The third-order valence-corrected chi connectivity index (χ3v) is 5.17. The zero-order valence-electron chi connectivity index (χ0n) is 8.39. The molecule has 0 amide bonds. The summed E-state index contributed by atoms with van der Waals surface area (Å²) in [6, 6.07) is 1.89. The Morgan fingerprint density at radius 1 is 1.60 bits per heavy atom. The van der Waals surface area contributed by atoms with Crippen LogP contribution in [0.2, 0.25) is 8.67 Å². The van der Waals surface area contributed by atoms with Gasteiger partial charge in [-0.2, -0.15) is 0 Å². The lowest BCUT2D eigenvalue weighted by Gasteiger charge is -2.18. The van der Waals surface area contributed by atoms with Gasteiger partial charge in [-0.15, -0.1) is 11.3 Å². The summed E-state index contributed by atoms with van der Waals surface area (Å²) in [6.07, 6.45) is 0.875. The normalized spacial score (nSPS) is 34.5. The molecule has 2 atom stereocenters. The first-order valence-electron chi connectivity index (χ1n) is 4.75. The second-order valence-electron chi connectivity index (χ2n) is 4.39. The van der Waals surface area contributed by atoms with E-state index in [9.17, 15) is 5.11 Å². The Morgan fingerprint density at radius 3 is 2.60 bits per heavy atom. The molecule has 0 aliphatic heterocycles. The third kappa shape index (κ3) is 1.53. The van der Waals surface area contributed by atoms with Gasteiger partial charge in [0.05, 0.1) is 15.3 Å². The Balaban J connectivity index is 2.38. The summed E-state index contributed by atoms with van der Waals surface area (Å²) in [5, 5.41) is 9.40. The smallest absolute Gasteiger partial charge is 0.0981 e. The first kappa shape index (κ1) is 11.7. The Hall–Kier alpha value is 0.200. The van der Waals surface area contributed by atoms with E-state index in [4.69, 9.17) is 28.9 Å². The van der Waals surface area contributed by atoms with E-state index < -0.39 is 0 Å². The van der Waals surface area contributed by atoms with Crippen molar-refractivity contribution in [3.05, 3.63) is 20.3 Å². The van der Waals surface area contributed by atoms with Crippen LogP contribution in [0.3, 0.4) is 0 Å². The molecule has 1 aliphatic rings. The molecule has 0 aromatic carbocycles. The molecular formula is C10H13Cl2NOS. The fraction of sp³-hybridized carbons (Fsp3) is 0.600. The molecule has 1 aromatic rings. The molecule has 1 aliphatic carbocycles. The van der Waals surface area contributed by atoms with Crippen LogP contribution in [-0.2, 0) is 5.41 Å². The average Bonchev–Trinajstić information content (AvgIpc) is 2.67. The number of aliphatic hydroxyl groups is 1. The monoisotopic (exact) mass is 265 g/mol. The van der Waals surface area contributed by atoms with E-state index in [1.54, 1.807) is 0 Å². The highest BCUT2D eigenvalue weighted by molar-refractivity contribution is 7.20. The van der Waals surface area contributed by atoms with Gasteiger partial charge in [0, 0.05) is 17.4 Å². The fourth-order valence-electron chi connectivity index (χ4n) is 2.32. The third-order valence-electron chi connectivity index (χ3n) is 3.68. The van der Waals surface area contributed by atoms with Crippen LogP contribution in [0.25, 0.3) is 0 Å². The highest BCUT2D eigenvalue weighted by Gasteiger charge is 2.64. The summed E-state index contributed by atoms with van der Waals surface area (Å²) in [4.78, 5) is 0. The zero-order chi connectivity index (χ0) is 11.3. The molecule has 3 N–H and O–H groups in total. The maximum absolute atomic E-state index is 9.40. The minimum Gasteiger partial charge on any atom is -0.396 e. The summed E-state index contributed by atoms with van der Waals surface area (Å²) in [7, 11) is 0. The van der Waals surface area contributed by atoms with Gasteiger partial charge in [-0.25, -0.2) is 0 Å². The second-order valence-corrected chi connectivity index (χ2v) is 6.67. The van der Waals surface area contributed by atoms with Crippen molar-refractivity contribution in [1.82, 2.24) is 0 Å². The van der Waals surface area contributed by atoms with E-state index in [0.29, 0.717) is 15.2 Å². The van der Waals surface area contributed by atoms with Crippen molar-refractivity contribution in [2.24, 2.45) is 11.1 Å². The van der Waals surface area contributed by atoms with Gasteiger partial charge in [-0.1, -0.05) is 30.1 Å². The largest absolute Gasteiger partial charge is 0.396 e. The van der Waals surface area contributed by atoms with Gasteiger partial charge in [0.25, 0.3) is 0 Å². The molecule has 0 spiro atoms. The van der Waals surface area contributed by atoms with Gasteiger partial charge < -0.3 is 10.8 Å². The number of halogens is 2. The molecule has 2 nitrogen and oxygen atoms in total. The van der Waals surface area contributed by atoms with Crippen molar-refractivity contribution in [2.75, 3.05) is 13.2 Å². The molecule has 0 radical (unpaired) electrons. The summed E-state index contributed by atoms with van der Waals surface area (Å²) < 4.78 is 1.40. The Morgan fingerprint density at radius 2 is 2.27 bits per heavy atom. The molecule has 0 bridgehead atoms. The molecule has 15 heavy (non-hydrogen) atoms. The van der Waals surface area contributed by atoms with Crippen LogP contribution in [0.5, 0.6) is 0 Å². The molecule has 0 saturated heterocycles. The number of hydrogen-bond donors (Lipinski definition) is 2. The fourth-order valence-corrected chi connectivity index (χ4v) is 4.04. The lowest BCUT2D eigenvalue weighted by molar-refractivity contribution is 0.198. The van der Waals surface area contributed by atoms with Crippen molar-refractivity contribution in [3.8, 4) is 0 Å². The lowest BCUT2D eigenvalue weighted by Crippen LogP contribution is -2.27. The number of nitrogens with two attached hydrogens (primary N) is 1. The van der Waals surface area contributed by atoms with E-state index >= 15 is 0 Å². The van der Waals surface area contributed by atoms with Crippen molar-refractivity contribution >= 4 is 34.5 Å². The lowest BCUT2D eigenvalue weighted by atomic mass is 9.90. The van der Waals surface area contributed by atoms with Gasteiger partial charge in [-0.05, 0) is 18.1 Å². The van der Waals surface area contributed by atoms with Gasteiger partial charge in [0.15, 0.2) is 0 Å². The van der Waals surface area contributed by atoms with Gasteiger partial charge >= 0.3 is 0 Å². The average molecular weight is 266 g/mol. The van der Waals surface area contributed by atoms with Gasteiger partial charge in [0.2, 0.25) is 0 Å². The minimum absolute atomic E-state index is 0.101. The van der Waals surface area contributed by atoms with E-state index in [1.165, 1.54) is 11.3 Å². The van der Waals surface area contributed by atoms with Crippen LogP contribution in [0.1, 0.15) is 18.9 Å². The molecule has 1 aromatic heterocycles. The molecule has 84 valence electrons. The van der Waals surface area contributed by atoms with Crippen molar-refractivity contribution in [2.45, 2.75) is 18.8 Å². The molecule has 1 saturated carbocycles. The Bertz CT molecular complexity index is 389. The van der Waals surface area contributed by atoms with E-state index in [0.717, 1.165) is 12.0 Å². The predicted octanol–water partition coefficient (Wildman–Crippen LogP) is 2.65. The minimum atomic E-state index is -0.207. The van der Waals surface area contributed by atoms with Crippen LogP contribution < -0.4 is 5.73 Å². The maximum atomic E-state index is 9.40. The summed E-state index contributed by atoms with van der Waals surface area (Å²) in [5.41, 5.74) is 6.42. The summed E-state index contributed by atoms with van der Waals surface area (Å²) >= 11 is 13.4. The quantitative estimate of drug-likeness (QED) is 0.883. The van der Waals surface area contributed by atoms with Crippen molar-refractivity contribution in [1.29, 1.82) is 0 Å². The van der Waals surface area contributed by atoms with Crippen LogP contribution in [0.15, 0.2) is 6.07 Å². The standard InChI is InChI=1S/C10H13Cl2NOS/c1-9(3-10(9,4-13)5-14)6-2-7(11)15-8(6)12/h2,14H,3-5,13H2,1H3. The number of thiophene rings is 1. The first-order chi connectivity index (χ1) is 6.99. The molecule has 2 rings (SSSR count). The topological polar surface area (TPSA) is 46.2 Å². The summed E-state index contributed by atoms with van der Waals surface area (Å²) in [5.74, 6) is 0. The predicted molar refractivity (Wildman–Crippen MR) is 64.9 cm³/mol. The number of hydrogen-bond acceptors (Lipinski definition) is 3. The van der Waals surface area contributed by atoms with Crippen molar-refractivity contribution in [3.63, 3.8) is 0 Å². The van der Waals surface area contributed by atoms with E-state index in [1.807, 2.05) is 6.07 Å². The zero-order valence-corrected chi connectivity index (χ0v) is 10.7. The molecule has 2 unspecified atom stereocenters. The van der Waals surface area contributed by atoms with Crippen LogP contribution in [0.4, 0.5) is 0 Å². The van der Waals surface area contributed by atoms with Crippen LogP contribution in [0, 0.1) is 5.41 Å².